The number of rotatable bonds is 12. The minimum absolute atomic E-state index is 0.0227. The van der Waals surface area contributed by atoms with E-state index in [2.05, 4.69) is 437 Å². The Balaban J connectivity index is 0.000000151. The van der Waals surface area contributed by atoms with E-state index >= 15 is 8.42 Å². The third kappa shape index (κ3) is 13.6. The van der Waals surface area contributed by atoms with Gasteiger partial charge in [0.05, 0.1) is 108 Å². The smallest absolute Gasteiger partial charge is 0.206 e. The summed E-state index contributed by atoms with van der Waals surface area (Å²) < 4.78 is 98.2. The minimum atomic E-state index is -3.98. The van der Waals surface area contributed by atoms with E-state index in [-0.39, 0.29) is 19.6 Å². The molecule has 706 valence electrons. The molecule has 0 N–H and O–H groups in total. The van der Waals surface area contributed by atoms with Crippen molar-refractivity contribution in [2.75, 3.05) is 0 Å². The van der Waals surface area contributed by atoms with Crippen molar-refractivity contribution in [2.24, 2.45) is 0 Å². The van der Waals surface area contributed by atoms with Gasteiger partial charge in [-0.15, -0.1) is 0 Å². The largest absolute Gasteiger partial charge is 0.309 e. The molecule has 8 aromatic heterocycles. The normalized spacial score (nSPS) is 12.3. The second-order valence-electron chi connectivity index (χ2n) is 38.5. The first-order valence-electron chi connectivity index (χ1n) is 49.8. The Morgan fingerprint density at radius 1 is 0.148 bits per heavy atom. The molecule has 22 aromatic carbocycles. The zero-order valence-corrected chi connectivity index (χ0v) is 81.5. The number of sulfone groups is 2. The Kier molecular flexibility index (Phi) is 19.7. The van der Waals surface area contributed by atoms with Crippen molar-refractivity contribution in [3.05, 3.63) is 520 Å². The van der Waals surface area contributed by atoms with Crippen LogP contribution in [0.2, 0.25) is 0 Å². The summed E-state index contributed by atoms with van der Waals surface area (Å²) in [6, 6.07) is 169. The lowest BCUT2D eigenvalue weighted by molar-refractivity contribution is 0.592. The first kappa shape index (κ1) is 86.7. The molecule has 0 unspecified atom stereocenters. The lowest BCUT2D eigenvalue weighted by Gasteiger charge is -2.13. The van der Waals surface area contributed by atoms with Crippen LogP contribution in [-0.4, -0.2) is 53.4 Å². The fraction of sp³-hybridized carbons (Fsp3) is 0.00752. The van der Waals surface area contributed by atoms with E-state index in [0.29, 0.717) is 0 Å². The van der Waals surface area contributed by atoms with E-state index < -0.39 is 31.3 Å². The van der Waals surface area contributed by atoms with Gasteiger partial charge in [-0.3, -0.25) is 0 Å². The Bertz CT molecular complexity index is 9850. The van der Waals surface area contributed by atoms with Crippen molar-refractivity contribution in [1.82, 2.24) is 36.5 Å². The number of benzene rings is 22. The van der Waals surface area contributed by atoms with Crippen LogP contribution in [0.15, 0.2) is 517 Å². The second-order valence-corrected chi connectivity index (χ2v) is 42.4. The molecular formula is C133H84F2N8O4S2. The summed E-state index contributed by atoms with van der Waals surface area (Å²) in [6.07, 6.45) is 0.978. The average molecular weight is 1960 g/mol. The van der Waals surface area contributed by atoms with E-state index in [1.54, 1.807) is 24.3 Å². The summed E-state index contributed by atoms with van der Waals surface area (Å²) in [6.45, 7) is 0. The third-order valence-electron chi connectivity index (χ3n) is 30.4. The van der Waals surface area contributed by atoms with Crippen LogP contribution >= 0.6 is 0 Å². The molecular weight excluding hydrogens is 1880 g/mol. The van der Waals surface area contributed by atoms with Crippen LogP contribution in [0.25, 0.3) is 231 Å². The Morgan fingerprint density at radius 3 is 0.490 bits per heavy atom. The number of fused-ring (bicyclic) bond motifs is 27. The lowest BCUT2D eigenvalue weighted by Crippen LogP contribution is -2.03. The van der Waals surface area contributed by atoms with Gasteiger partial charge in [-0.25, -0.2) is 25.6 Å². The van der Waals surface area contributed by atoms with Gasteiger partial charge in [-0.2, -0.15) is 0 Å². The molecule has 149 heavy (non-hydrogen) atoms. The van der Waals surface area contributed by atoms with Gasteiger partial charge in [0.15, 0.2) is 0 Å². The molecule has 0 bridgehead atoms. The molecule has 0 radical (unpaired) electrons. The monoisotopic (exact) mass is 1960 g/mol. The van der Waals surface area contributed by atoms with Gasteiger partial charge in [-0.1, -0.05) is 231 Å². The van der Waals surface area contributed by atoms with Gasteiger partial charge >= 0.3 is 0 Å². The molecule has 0 atom stereocenters. The summed E-state index contributed by atoms with van der Waals surface area (Å²) in [5, 5.41) is 19.1. The third-order valence-corrected chi connectivity index (χ3v) is 34.0. The van der Waals surface area contributed by atoms with Crippen molar-refractivity contribution in [1.29, 1.82) is 0 Å². The van der Waals surface area contributed by atoms with Crippen LogP contribution in [-0.2, 0) is 26.1 Å². The summed E-state index contributed by atoms with van der Waals surface area (Å²) in [5.41, 5.74) is 32.0. The number of para-hydroxylation sites is 12. The van der Waals surface area contributed by atoms with Crippen LogP contribution in [0.3, 0.4) is 0 Å². The highest BCUT2D eigenvalue weighted by molar-refractivity contribution is 7.91. The van der Waals surface area contributed by atoms with E-state index in [1.165, 1.54) is 145 Å². The van der Waals surface area contributed by atoms with Crippen molar-refractivity contribution < 1.29 is 25.6 Å². The zero-order valence-electron chi connectivity index (χ0n) is 79.8. The van der Waals surface area contributed by atoms with Crippen LogP contribution in [0.4, 0.5) is 8.78 Å². The van der Waals surface area contributed by atoms with Gasteiger partial charge in [-0.05, 0) is 296 Å². The van der Waals surface area contributed by atoms with Crippen LogP contribution in [0.5, 0.6) is 0 Å². The highest BCUT2D eigenvalue weighted by Crippen LogP contribution is 2.48. The summed E-state index contributed by atoms with van der Waals surface area (Å²) in [4.78, 5) is 0.388. The number of hydrogen-bond donors (Lipinski definition) is 0. The first-order chi connectivity index (χ1) is 73.3. The maximum Gasteiger partial charge on any atom is 0.206 e. The fourth-order valence-electron chi connectivity index (χ4n) is 23.8. The quantitative estimate of drug-likeness (QED) is 0.114. The summed E-state index contributed by atoms with van der Waals surface area (Å²) in [5.74, 6) is -1.02. The maximum atomic E-state index is 15.0. The van der Waals surface area contributed by atoms with E-state index in [9.17, 15) is 17.2 Å². The van der Waals surface area contributed by atoms with Gasteiger partial charge in [0, 0.05) is 132 Å². The Morgan fingerprint density at radius 2 is 0.295 bits per heavy atom. The molecule has 0 fully saturated rings. The van der Waals surface area contributed by atoms with Gasteiger partial charge < -0.3 is 36.5 Å². The molecule has 0 aliphatic heterocycles. The molecule has 1 aliphatic carbocycles. The number of halogens is 2. The predicted molar refractivity (Wildman–Crippen MR) is 606 cm³/mol. The standard InChI is InChI=1S/C84H52N6O2S.C37H24N2.C12H8F2O2S/c91-93(92,59-41-33-53(34-42-59)85-81-45-37-55(87-73-25-9-1-17-61(73)62-18-2-10-26-74(62)87)49-69(81)70-50-56(38-46-82(70)85)88-75-27-11-3-19-63(75)64-20-4-12-28-76(64)88)60-43-35-54(36-44-60)86-83-47-39-57(89-77-29-13-5-21-65(77)66-22-6-14-30-78(66)89)51-71(83)72-52-58(40-48-84(72)86)90-79-31-15-7-23-67(79)68-24-8-16-32-80(68)90;1-5-13-34-28(9-1)29-10-2-6-14-35(29)38(34)26-19-17-24-21-25-18-20-27(23-33(25)32(24)22-26)39-36-15-7-3-11-30(36)31-12-4-8-16-37(31)39;13-9-1-5-11(6-2-9)17(15,16)12-7-3-10(14)4-8-12/h1-52H;1-20,22-23H,21H2;1-8H. The molecule has 8 heterocycles. The van der Waals surface area contributed by atoms with Gasteiger partial charge in [0.1, 0.15) is 11.6 Å². The Labute approximate surface area is 852 Å². The molecule has 0 amide bonds. The van der Waals surface area contributed by atoms with E-state index in [1.807, 2.05) is 24.3 Å². The van der Waals surface area contributed by atoms with E-state index in [0.717, 1.165) is 153 Å². The SMILES string of the molecule is O=S(=O)(c1ccc(-n2c3ccc(-n4c5ccccc5c5ccccc54)cc3c3cc(-n4c5ccccc5c5ccccc54)ccc32)cc1)c1ccc(-n2c3ccc(-n4c5ccccc5c5ccccc54)cc3c3cc(-n4c5ccccc5c5ccccc54)ccc32)cc1.O=S(=O)(c1ccc(F)cc1)c1ccc(F)cc1.c1ccc2c(c1)c1ccccc1n2-c1ccc2c(c1)-c1cc(-n3c4ccccc4c4ccccc43)ccc1C2. The molecule has 16 heteroatoms. The predicted octanol–water partition coefficient (Wildman–Crippen LogP) is 33.4. The number of aromatic nitrogens is 8. The number of nitrogens with zero attached hydrogens (tertiary/aromatic N) is 8. The number of hydrogen-bond acceptors (Lipinski definition) is 4. The summed E-state index contributed by atoms with van der Waals surface area (Å²) in [7, 11) is -7.68. The molecule has 30 aromatic rings. The van der Waals surface area contributed by atoms with Crippen LogP contribution in [0, 0.1) is 11.6 Å². The highest BCUT2D eigenvalue weighted by Gasteiger charge is 2.29. The summed E-state index contributed by atoms with van der Waals surface area (Å²) >= 11 is 0. The lowest BCUT2D eigenvalue weighted by atomic mass is 10.0. The Hall–Kier alpha value is -19.0. The van der Waals surface area contributed by atoms with Crippen molar-refractivity contribution >= 4 is 194 Å². The molecule has 12 nitrogen and oxygen atoms in total. The molecule has 0 saturated carbocycles. The van der Waals surface area contributed by atoms with Crippen LogP contribution in [0.1, 0.15) is 11.1 Å². The molecule has 0 saturated heterocycles. The second kappa shape index (κ2) is 33.8. The minimum Gasteiger partial charge on any atom is -0.309 e. The zero-order chi connectivity index (χ0) is 99.2. The van der Waals surface area contributed by atoms with E-state index in [4.69, 9.17) is 0 Å². The van der Waals surface area contributed by atoms with Gasteiger partial charge in [0.2, 0.25) is 19.7 Å². The average Bonchev–Trinajstić information content (AvgIpc) is 1.57. The van der Waals surface area contributed by atoms with Crippen molar-refractivity contribution in [3.8, 4) is 56.6 Å². The van der Waals surface area contributed by atoms with Crippen molar-refractivity contribution in [2.45, 2.75) is 26.0 Å². The van der Waals surface area contributed by atoms with Crippen molar-refractivity contribution in [3.63, 3.8) is 0 Å². The molecule has 31 rings (SSSR count). The molecule has 1 aliphatic rings. The van der Waals surface area contributed by atoms with Gasteiger partial charge in [0.25, 0.3) is 0 Å². The topological polar surface area (TPSA) is 108 Å². The first-order valence-corrected chi connectivity index (χ1v) is 52.8. The fourth-order valence-corrected chi connectivity index (χ4v) is 26.3. The highest BCUT2D eigenvalue weighted by atomic mass is 32.2. The van der Waals surface area contributed by atoms with Crippen LogP contribution < -0.4 is 0 Å². The molecule has 0 spiro atoms. The maximum absolute atomic E-state index is 15.0.